The molecule has 1 atom stereocenters. The van der Waals surface area contributed by atoms with Gasteiger partial charge in [0, 0.05) is 5.56 Å². The Balaban J connectivity index is 1.76. The van der Waals surface area contributed by atoms with Gasteiger partial charge in [-0.15, -0.1) is 0 Å². The minimum absolute atomic E-state index is 0.00905. The average Bonchev–Trinajstić information content (AvgIpc) is 3.19. The molecular formula is C22H20FNO4. The molecule has 0 aliphatic rings. The molecule has 1 amide bonds. The Morgan fingerprint density at radius 1 is 1.04 bits per heavy atom. The number of benzene rings is 2. The minimum atomic E-state index is -0.549. The summed E-state index contributed by atoms with van der Waals surface area (Å²) in [7, 11) is 0. The first-order valence-corrected chi connectivity index (χ1v) is 8.94. The summed E-state index contributed by atoms with van der Waals surface area (Å²) >= 11 is 0. The first kappa shape index (κ1) is 19.4. The zero-order chi connectivity index (χ0) is 19.9. The van der Waals surface area contributed by atoms with Crippen molar-refractivity contribution in [2.24, 2.45) is 0 Å². The van der Waals surface area contributed by atoms with Crippen molar-refractivity contribution in [1.82, 2.24) is 5.32 Å². The van der Waals surface area contributed by atoms with Crippen LogP contribution in [0.2, 0.25) is 0 Å². The van der Waals surface area contributed by atoms with Crippen LogP contribution in [0, 0.1) is 5.82 Å². The fourth-order valence-corrected chi connectivity index (χ4v) is 2.78. The van der Waals surface area contributed by atoms with Gasteiger partial charge in [0.05, 0.1) is 19.1 Å². The van der Waals surface area contributed by atoms with Gasteiger partial charge in [-0.3, -0.25) is 9.59 Å². The predicted octanol–water partition coefficient (Wildman–Crippen LogP) is 4.51. The smallest absolute Gasteiger partial charge is 0.308 e. The van der Waals surface area contributed by atoms with Crippen LogP contribution >= 0.6 is 0 Å². The van der Waals surface area contributed by atoms with Crippen LogP contribution < -0.4 is 5.32 Å². The summed E-state index contributed by atoms with van der Waals surface area (Å²) < 4.78 is 23.7. The molecule has 1 aromatic heterocycles. The summed E-state index contributed by atoms with van der Waals surface area (Å²) in [4.78, 5) is 24.6. The summed E-state index contributed by atoms with van der Waals surface area (Å²) in [6.45, 7) is 2.00. The highest BCUT2D eigenvalue weighted by molar-refractivity contribution is 5.92. The fourth-order valence-electron chi connectivity index (χ4n) is 2.78. The van der Waals surface area contributed by atoms with E-state index in [9.17, 15) is 14.0 Å². The van der Waals surface area contributed by atoms with Crippen LogP contribution in [0.5, 0.6) is 0 Å². The van der Waals surface area contributed by atoms with Gasteiger partial charge >= 0.3 is 5.97 Å². The van der Waals surface area contributed by atoms with Crippen molar-refractivity contribution >= 4 is 11.9 Å². The Labute approximate surface area is 162 Å². The zero-order valence-corrected chi connectivity index (χ0v) is 15.4. The molecule has 0 radical (unpaired) electrons. The van der Waals surface area contributed by atoms with Gasteiger partial charge in [0.1, 0.15) is 11.6 Å². The van der Waals surface area contributed by atoms with Crippen LogP contribution in [-0.4, -0.2) is 18.5 Å². The van der Waals surface area contributed by atoms with Crippen molar-refractivity contribution in [1.29, 1.82) is 0 Å². The number of rotatable bonds is 7. The Morgan fingerprint density at radius 2 is 1.75 bits per heavy atom. The summed E-state index contributed by atoms with van der Waals surface area (Å²) in [5.41, 5.74) is 1.45. The number of ether oxygens (including phenoxy) is 1. The molecule has 2 aromatic carbocycles. The van der Waals surface area contributed by atoms with Gasteiger partial charge in [0.15, 0.2) is 5.76 Å². The maximum absolute atomic E-state index is 13.1. The van der Waals surface area contributed by atoms with Crippen LogP contribution in [-0.2, 0) is 9.53 Å². The molecule has 0 spiro atoms. The quantitative estimate of drug-likeness (QED) is 0.612. The topological polar surface area (TPSA) is 68.5 Å². The lowest BCUT2D eigenvalue weighted by molar-refractivity contribution is -0.143. The molecule has 3 aromatic rings. The van der Waals surface area contributed by atoms with E-state index in [1.54, 1.807) is 31.2 Å². The second-order valence-electron chi connectivity index (χ2n) is 6.12. The lowest BCUT2D eigenvalue weighted by Gasteiger charge is -2.17. The van der Waals surface area contributed by atoms with E-state index in [2.05, 4.69) is 5.32 Å². The third-order valence-corrected chi connectivity index (χ3v) is 4.14. The van der Waals surface area contributed by atoms with Crippen molar-refractivity contribution in [2.45, 2.75) is 19.4 Å². The molecular weight excluding hydrogens is 361 g/mol. The highest BCUT2D eigenvalue weighted by atomic mass is 19.1. The van der Waals surface area contributed by atoms with E-state index in [0.29, 0.717) is 11.3 Å². The van der Waals surface area contributed by atoms with Gasteiger partial charge in [-0.2, -0.15) is 0 Å². The molecule has 3 rings (SSSR count). The number of amides is 1. The van der Waals surface area contributed by atoms with Gasteiger partial charge in [-0.05, 0) is 48.9 Å². The molecule has 0 aliphatic heterocycles. The number of hydrogen-bond acceptors (Lipinski definition) is 4. The number of carbonyl (C=O) groups excluding carboxylic acids is 2. The van der Waals surface area contributed by atoms with Crippen LogP contribution in [0.1, 0.15) is 35.5 Å². The van der Waals surface area contributed by atoms with Crippen molar-refractivity contribution in [3.8, 4) is 11.3 Å². The largest absolute Gasteiger partial charge is 0.466 e. The molecule has 0 saturated carbocycles. The Kier molecular flexibility index (Phi) is 6.22. The summed E-state index contributed by atoms with van der Waals surface area (Å²) in [5.74, 6) is -0.650. The average molecular weight is 381 g/mol. The molecule has 0 fully saturated rings. The summed E-state index contributed by atoms with van der Waals surface area (Å²) in [6.07, 6.45) is 0.00905. The fraction of sp³-hybridized carbons (Fsp3) is 0.182. The van der Waals surface area contributed by atoms with Gasteiger partial charge in [-0.25, -0.2) is 4.39 Å². The van der Waals surface area contributed by atoms with Crippen molar-refractivity contribution < 1.29 is 23.1 Å². The number of esters is 1. The maximum atomic E-state index is 13.1. The van der Waals surface area contributed by atoms with Gasteiger partial charge in [-0.1, -0.05) is 30.3 Å². The van der Waals surface area contributed by atoms with E-state index < -0.39 is 17.9 Å². The van der Waals surface area contributed by atoms with Gasteiger partial charge < -0.3 is 14.5 Å². The SMILES string of the molecule is CCOC(=O)CC(NC(=O)c1ccc(-c2ccc(F)cc2)o1)c1ccccc1. The van der Waals surface area contributed by atoms with Crippen LogP contribution in [0.15, 0.2) is 71.1 Å². The van der Waals surface area contributed by atoms with E-state index in [1.807, 2.05) is 30.3 Å². The van der Waals surface area contributed by atoms with Crippen LogP contribution in [0.25, 0.3) is 11.3 Å². The van der Waals surface area contributed by atoms with E-state index >= 15 is 0 Å². The van der Waals surface area contributed by atoms with Gasteiger partial charge in [0.2, 0.25) is 0 Å². The standard InChI is InChI=1S/C22H20FNO4/c1-2-27-21(25)14-18(15-6-4-3-5-7-15)24-22(26)20-13-12-19(28-20)16-8-10-17(23)11-9-16/h3-13,18H,2,14H2,1H3,(H,24,26). The number of furan rings is 1. The Hall–Kier alpha value is -3.41. The Bertz CT molecular complexity index is 935. The summed E-state index contributed by atoms with van der Waals surface area (Å²) in [6, 6.07) is 17.6. The van der Waals surface area contributed by atoms with Crippen LogP contribution in [0.3, 0.4) is 0 Å². The molecule has 0 bridgehead atoms. The molecule has 0 aliphatic carbocycles. The molecule has 28 heavy (non-hydrogen) atoms. The zero-order valence-electron chi connectivity index (χ0n) is 15.4. The Morgan fingerprint density at radius 3 is 2.43 bits per heavy atom. The van der Waals surface area contributed by atoms with Gasteiger partial charge in [0.25, 0.3) is 5.91 Å². The highest BCUT2D eigenvalue weighted by Gasteiger charge is 2.21. The van der Waals surface area contributed by atoms with Crippen molar-refractivity contribution in [3.63, 3.8) is 0 Å². The van der Waals surface area contributed by atoms with E-state index in [0.717, 1.165) is 5.56 Å². The number of nitrogens with one attached hydrogen (secondary N) is 1. The number of hydrogen-bond donors (Lipinski definition) is 1. The third-order valence-electron chi connectivity index (χ3n) is 4.14. The highest BCUT2D eigenvalue weighted by Crippen LogP contribution is 2.24. The normalized spacial score (nSPS) is 11.6. The first-order chi connectivity index (χ1) is 13.6. The molecule has 1 unspecified atom stereocenters. The molecule has 6 heteroatoms. The number of carbonyl (C=O) groups is 2. The minimum Gasteiger partial charge on any atom is -0.466 e. The van der Waals surface area contributed by atoms with E-state index in [1.165, 1.54) is 12.1 Å². The van der Waals surface area contributed by atoms with E-state index in [-0.39, 0.29) is 24.6 Å². The second kappa shape index (κ2) is 8.99. The second-order valence-corrected chi connectivity index (χ2v) is 6.12. The monoisotopic (exact) mass is 381 g/mol. The maximum Gasteiger partial charge on any atom is 0.308 e. The predicted molar refractivity (Wildman–Crippen MR) is 102 cm³/mol. The molecule has 1 N–H and O–H groups in total. The summed E-state index contributed by atoms with van der Waals surface area (Å²) in [5, 5.41) is 2.82. The molecule has 144 valence electrons. The van der Waals surface area contributed by atoms with Crippen LogP contribution in [0.4, 0.5) is 4.39 Å². The lowest BCUT2D eigenvalue weighted by atomic mass is 10.0. The first-order valence-electron chi connectivity index (χ1n) is 8.94. The van der Waals surface area contributed by atoms with Crippen molar-refractivity contribution in [2.75, 3.05) is 6.61 Å². The molecule has 0 saturated heterocycles. The third kappa shape index (κ3) is 4.85. The molecule has 5 nitrogen and oxygen atoms in total. The van der Waals surface area contributed by atoms with E-state index in [4.69, 9.17) is 9.15 Å². The number of halogens is 1. The lowest BCUT2D eigenvalue weighted by Crippen LogP contribution is -2.30. The van der Waals surface area contributed by atoms with Crippen molar-refractivity contribution in [3.05, 3.63) is 83.9 Å². The molecule has 1 heterocycles.